The van der Waals surface area contributed by atoms with Crippen LogP contribution in [0.25, 0.3) is 0 Å². The number of halogens is 2. The van der Waals surface area contributed by atoms with Crippen LogP contribution >= 0.6 is 23.2 Å². The van der Waals surface area contributed by atoms with Gasteiger partial charge in [-0.3, -0.25) is 4.79 Å². The minimum absolute atomic E-state index is 0.0267. The van der Waals surface area contributed by atoms with Gasteiger partial charge in [-0.1, -0.05) is 28.4 Å². The number of hydrogen-bond donors (Lipinski definition) is 1. The molecule has 2 aromatic heterocycles. The zero-order chi connectivity index (χ0) is 13.1. The number of carbonyl (C=O) groups excluding carboxylic acids is 1. The smallest absolute Gasteiger partial charge is 0.254 e. The summed E-state index contributed by atoms with van der Waals surface area (Å²) in [6, 6.07) is 1.33. The first kappa shape index (κ1) is 12.7. The largest absolute Gasteiger partial charge is 0.345 e. The summed E-state index contributed by atoms with van der Waals surface area (Å²) in [7, 11) is 0. The lowest BCUT2D eigenvalue weighted by atomic mass is 10.3. The summed E-state index contributed by atoms with van der Waals surface area (Å²) >= 11 is 11.4. The van der Waals surface area contributed by atoms with E-state index < -0.39 is 5.91 Å². The molecule has 0 atom stereocenters. The molecule has 0 spiro atoms. The monoisotopic (exact) mass is 287 g/mol. The van der Waals surface area contributed by atoms with Gasteiger partial charge < -0.3 is 9.84 Å². The fraction of sp³-hybridized carbons (Fsp3) is 0.222. The standard InChI is InChI=1S/C9H7Cl2N5O2/c1-4-13-7(16-18-4)3-12-9(17)5-2-6(10)14-15-8(5)11/h2H,3H2,1H3,(H,12,17). The number of hydrogen-bond acceptors (Lipinski definition) is 6. The Morgan fingerprint density at radius 2 is 2.22 bits per heavy atom. The van der Waals surface area contributed by atoms with Gasteiger partial charge in [-0.05, 0) is 6.07 Å². The van der Waals surface area contributed by atoms with E-state index in [9.17, 15) is 4.79 Å². The maximum absolute atomic E-state index is 11.8. The second kappa shape index (κ2) is 5.28. The van der Waals surface area contributed by atoms with Crippen LogP contribution in [0.3, 0.4) is 0 Å². The number of nitrogens with zero attached hydrogens (tertiary/aromatic N) is 4. The Kier molecular flexibility index (Phi) is 3.73. The summed E-state index contributed by atoms with van der Waals surface area (Å²) in [4.78, 5) is 15.7. The summed E-state index contributed by atoms with van der Waals surface area (Å²) in [5, 5.41) is 13.3. The van der Waals surface area contributed by atoms with Gasteiger partial charge in [-0.25, -0.2) is 0 Å². The van der Waals surface area contributed by atoms with E-state index in [0.29, 0.717) is 11.7 Å². The minimum Gasteiger partial charge on any atom is -0.345 e. The van der Waals surface area contributed by atoms with E-state index >= 15 is 0 Å². The van der Waals surface area contributed by atoms with Crippen LogP contribution in [0.15, 0.2) is 10.6 Å². The average molecular weight is 288 g/mol. The van der Waals surface area contributed by atoms with Crippen LogP contribution in [0.2, 0.25) is 10.3 Å². The predicted octanol–water partition coefficient (Wildman–Crippen LogP) is 1.40. The van der Waals surface area contributed by atoms with E-state index in [1.165, 1.54) is 6.07 Å². The molecule has 94 valence electrons. The Hall–Kier alpha value is -1.73. The van der Waals surface area contributed by atoms with Crippen molar-refractivity contribution >= 4 is 29.1 Å². The summed E-state index contributed by atoms with van der Waals surface area (Å²) in [5.74, 6) is 0.343. The zero-order valence-corrected chi connectivity index (χ0v) is 10.7. The Morgan fingerprint density at radius 1 is 1.44 bits per heavy atom. The molecular formula is C9H7Cl2N5O2. The number of amides is 1. The SMILES string of the molecule is Cc1nc(CNC(=O)c2cc(Cl)nnc2Cl)no1. The van der Waals surface area contributed by atoms with Gasteiger partial charge in [0.1, 0.15) is 0 Å². The molecule has 9 heteroatoms. The van der Waals surface area contributed by atoms with Gasteiger partial charge in [0, 0.05) is 6.92 Å². The second-order valence-electron chi connectivity index (χ2n) is 3.28. The van der Waals surface area contributed by atoms with E-state index in [1.807, 2.05) is 0 Å². The minimum atomic E-state index is -0.445. The van der Waals surface area contributed by atoms with Crippen molar-refractivity contribution in [2.45, 2.75) is 13.5 Å². The summed E-state index contributed by atoms with van der Waals surface area (Å²) < 4.78 is 4.76. The molecule has 1 amide bonds. The molecule has 2 heterocycles. The van der Waals surface area contributed by atoms with Crippen LogP contribution in [0.4, 0.5) is 0 Å². The van der Waals surface area contributed by atoms with Crippen molar-refractivity contribution in [1.29, 1.82) is 0 Å². The van der Waals surface area contributed by atoms with Gasteiger partial charge in [0.25, 0.3) is 5.91 Å². The fourth-order valence-corrected chi connectivity index (χ4v) is 1.51. The van der Waals surface area contributed by atoms with Crippen LogP contribution in [-0.2, 0) is 6.54 Å². The lowest BCUT2D eigenvalue weighted by Crippen LogP contribution is -2.24. The summed E-state index contributed by atoms with van der Waals surface area (Å²) in [5.41, 5.74) is 0.136. The Balaban J connectivity index is 2.05. The quantitative estimate of drug-likeness (QED) is 0.917. The van der Waals surface area contributed by atoms with Crippen molar-refractivity contribution in [3.05, 3.63) is 33.7 Å². The maximum atomic E-state index is 11.8. The third-order valence-electron chi connectivity index (χ3n) is 1.94. The number of carbonyl (C=O) groups is 1. The first-order valence-electron chi connectivity index (χ1n) is 4.82. The molecule has 0 saturated heterocycles. The molecule has 0 aliphatic carbocycles. The third kappa shape index (κ3) is 2.93. The molecule has 0 fully saturated rings. The molecule has 0 bridgehead atoms. The van der Waals surface area contributed by atoms with Gasteiger partial charge in [-0.15, -0.1) is 10.2 Å². The number of nitrogens with one attached hydrogen (secondary N) is 1. The molecule has 0 aromatic carbocycles. The lowest BCUT2D eigenvalue weighted by molar-refractivity contribution is 0.0949. The van der Waals surface area contributed by atoms with Crippen molar-refractivity contribution in [3.8, 4) is 0 Å². The molecule has 0 aliphatic heterocycles. The fourth-order valence-electron chi connectivity index (χ4n) is 1.18. The highest BCUT2D eigenvalue weighted by atomic mass is 35.5. The van der Waals surface area contributed by atoms with Gasteiger partial charge in [-0.2, -0.15) is 4.98 Å². The number of aromatic nitrogens is 4. The van der Waals surface area contributed by atoms with E-state index in [2.05, 4.69) is 25.7 Å². The van der Waals surface area contributed by atoms with E-state index in [4.69, 9.17) is 27.7 Å². The van der Waals surface area contributed by atoms with Crippen molar-refractivity contribution in [3.63, 3.8) is 0 Å². The molecule has 2 rings (SSSR count). The normalized spacial score (nSPS) is 10.4. The van der Waals surface area contributed by atoms with Gasteiger partial charge >= 0.3 is 0 Å². The molecule has 1 N–H and O–H groups in total. The lowest BCUT2D eigenvalue weighted by Gasteiger charge is -2.03. The highest BCUT2D eigenvalue weighted by Gasteiger charge is 2.13. The van der Waals surface area contributed by atoms with Crippen LogP contribution in [0, 0.1) is 6.92 Å². The first-order chi connectivity index (χ1) is 8.56. The van der Waals surface area contributed by atoms with Crippen molar-refractivity contribution < 1.29 is 9.32 Å². The van der Waals surface area contributed by atoms with E-state index in [0.717, 1.165) is 0 Å². The highest BCUT2D eigenvalue weighted by molar-refractivity contribution is 6.34. The first-order valence-corrected chi connectivity index (χ1v) is 5.58. The Labute approximate surface area is 111 Å². The highest BCUT2D eigenvalue weighted by Crippen LogP contribution is 2.15. The molecule has 0 radical (unpaired) electrons. The van der Waals surface area contributed by atoms with Crippen LogP contribution in [-0.4, -0.2) is 26.2 Å². The molecule has 0 aliphatic rings. The molecule has 2 aromatic rings. The molecular weight excluding hydrogens is 281 g/mol. The van der Waals surface area contributed by atoms with Crippen LogP contribution in [0.1, 0.15) is 22.1 Å². The van der Waals surface area contributed by atoms with Gasteiger partial charge in [0.05, 0.1) is 12.1 Å². The third-order valence-corrected chi connectivity index (χ3v) is 2.40. The summed E-state index contributed by atoms with van der Waals surface area (Å²) in [6.07, 6.45) is 0. The molecule has 0 unspecified atom stereocenters. The van der Waals surface area contributed by atoms with Gasteiger partial charge in [0.2, 0.25) is 5.89 Å². The number of aryl methyl sites for hydroxylation is 1. The van der Waals surface area contributed by atoms with E-state index in [1.54, 1.807) is 6.92 Å². The van der Waals surface area contributed by atoms with Crippen LogP contribution in [0.5, 0.6) is 0 Å². The van der Waals surface area contributed by atoms with Crippen molar-refractivity contribution in [2.24, 2.45) is 0 Å². The average Bonchev–Trinajstić information content (AvgIpc) is 2.75. The predicted molar refractivity (Wildman–Crippen MR) is 62.3 cm³/mol. The summed E-state index contributed by atoms with van der Waals surface area (Å²) in [6.45, 7) is 1.77. The Morgan fingerprint density at radius 3 is 2.89 bits per heavy atom. The maximum Gasteiger partial charge on any atom is 0.254 e. The van der Waals surface area contributed by atoms with E-state index in [-0.39, 0.29) is 22.4 Å². The second-order valence-corrected chi connectivity index (χ2v) is 4.03. The molecule has 18 heavy (non-hydrogen) atoms. The van der Waals surface area contributed by atoms with Crippen molar-refractivity contribution in [1.82, 2.24) is 25.7 Å². The van der Waals surface area contributed by atoms with Gasteiger partial charge in [0.15, 0.2) is 16.1 Å². The topological polar surface area (TPSA) is 93.8 Å². The van der Waals surface area contributed by atoms with Crippen LogP contribution < -0.4 is 5.32 Å². The van der Waals surface area contributed by atoms with Crippen molar-refractivity contribution in [2.75, 3.05) is 0 Å². The Bertz CT molecular complexity index is 586. The zero-order valence-electron chi connectivity index (χ0n) is 9.15. The molecule has 0 saturated carbocycles. The molecule has 7 nitrogen and oxygen atoms in total. The number of rotatable bonds is 3.